The van der Waals surface area contributed by atoms with Gasteiger partial charge >= 0.3 is 11.9 Å². The van der Waals surface area contributed by atoms with Crippen molar-refractivity contribution in [2.24, 2.45) is 5.73 Å². The molecule has 178 valence electrons. The third-order valence-corrected chi connectivity index (χ3v) is 5.77. The van der Waals surface area contributed by atoms with Gasteiger partial charge in [0, 0.05) is 13.2 Å². The Hall–Kier alpha value is -3.35. The lowest BCUT2D eigenvalue weighted by Crippen LogP contribution is -2.22. The second-order valence-electron chi connectivity index (χ2n) is 6.45. The Morgan fingerprint density at radius 1 is 1.09 bits per heavy atom. The van der Waals surface area contributed by atoms with Gasteiger partial charge in [0.1, 0.15) is 22.9 Å². The molecule has 5 N–H and O–H groups in total. The number of nitrogens with two attached hydrogens (primary N) is 2. The Labute approximate surface area is 197 Å². The van der Waals surface area contributed by atoms with Gasteiger partial charge in [-0.1, -0.05) is 11.6 Å². The van der Waals surface area contributed by atoms with Crippen LogP contribution in [0.15, 0.2) is 12.1 Å². The summed E-state index contributed by atoms with van der Waals surface area (Å²) in [7, 11) is 2.77. The van der Waals surface area contributed by atoms with Gasteiger partial charge in [-0.05, 0) is 18.6 Å². The summed E-state index contributed by atoms with van der Waals surface area (Å²) in [6.45, 7) is 0.919. The Balaban J connectivity index is 2.16. The quantitative estimate of drug-likeness (QED) is 0.251. The van der Waals surface area contributed by atoms with E-state index in [4.69, 9.17) is 42.0 Å². The Morgan fingerprint density at radius 2 is 1.79 bits per heavy atom. The van der Waals surface area contributed by atoms with Gasteiger partial charge < -0.3 is 35.7 Å². The fraction of sp³-hybridized carbons (Fsp3) is 0.300. The minimum atomic E-state index is -0.886. The number of thiophene rings is 1. The van der Waals surface area contributed by atoms with Gasteiger partial charge in [0.2, 0.25) is 0 Å². The number of primary amides is 1. The lowest BCUT2D eigenvalue weighted by Gasteiger charge is -2.11. The molecule has 0 fully saturated rings. The molecule has 0 atom stereocenters. The number of rotatable bonds is 10. The zero-order chi connectivity index (χ0) is 24.7. The van der Waals surface area contributed by atoms with Crippen LogP contribution in [0, 0.1) is 6.92 Å². The molecular weight excluding hydrogens is 478 g/mol. The van der Waals surface area contributed by atoms with Crippen molar-refractivity contribution in [2.45, 2.75) is 6.92 Å². The number of ether oxygens (including phenoxy) is 4. The molecule has 2 amide bonds. The van der Waals surface area contributed by atoms with Crippen molar-refractivity contribution < 1.29 is 38.1 Å². The summed E-state index contributed by atoms with van der Waals surface area (Å²) >= 11 is 6.74. The molecule has 0 saturated heterocycles. The first kappa shape index (κ1) is 25.9. The molecule has 13 heteroatoms. The number of hydrogen-bond acceptors (Lipinski definition) is 10. The van der Waals surface area contributed by atoms with E-state index in [1.807, 2.05) is 0 Å². The minimum Gasteiger partial charge on any atom is -0.496 e. The molecule has 0 aliphatic carbocycles. The molecule has 0 unspecified atom stereocenters. The molecule has 0 bridgehead atoms. The van der Waals surface area contributed by atoms with E-state index in [0.717, 1.165) is 11.3 Å². The average Bonchev–Trinajstić information content (AvgIpc) is 3.09. The van der Waals surface area contributed by atoms with Crippen LogP contribution in [0.25, 0.3) is 0 Å². The molecule has 1 heterocycles. The van der Waals surface area contributed by atoms with E-state index < -0.39 is 30.4 Å². The second-order valence-corrected chi connectivity index (χ2v) is 7.88. The van der Waals surface area contributed by atoms with E-state index in [9.17, 15) is 19.2 Å². The summed E-state index contributed by atoms with van der Waals surface area (Å²) in [5.74, 6) is -3.09. The summed E-state index contributed by atoms with van der Waals surface area (Å²) in [6, 6.07) is 2.60. The average molecular weight is 500 g/mol. The Kier molecular flexibility index (Phi) is 9.02. The predicted octanol–water partition coefficient (Wildman–Crippen LogP) is 2.00. The number of nitrogens with one attached hydrogen (secondary N) is 1. The van der Waals surface area contributed by atoms with Gasteiger partial charge in [0.15, 0.2) is 6.61 Å². The zero-order valence-corrected chi connectivity index (χ0v) is 19.6. The maximum Gasteiger partial charge on any atom is 0.342 e. The van der Waals surface area contributed by atoms with E-state index in [1.54, 1.807) is 0 Å². The number of nitrogen functional groups attached to an aromatic ring is 1. The van der Waals surface area contributed by atoms with Crippen molar-refractivity contribution in [2.75, 3.05) is 45.1 Å². The third-order valence-electron chi connectivity index (χ3n) is 4.22. The number of anilines is 2. The molecule has 0 radical (unpaired) electrons. The van der Waals surface area contributed by atoms with Crippen molar-refractivity contribution in [1.82, 2.24) is 0 Å². The topological polar surface area (TPSA) is 169 Å². The standard InChI is InChI=1S/C20H22ClN3O8S/c1-9-15(20(28)31-5-4-29-2)18(33-16(9)17(23)26)24-14(25)8-32-19(27)10-6-11(21)12(22)7-13(10)30-3/h6-7H,4-5,8,22H2,1-3H3,(H2,23,26)(H,24,25). The van der Waals surface area contributed by atoms with Crippen molar-refractivity contribution in [1.29, 1.82) is 0 Å². The van der Waals surface area contributed by atoms with Crippen LogP contribution in [0.2, 0.25) is 5.02 Å². The minimum absolute atomic E-state index is 0.0258. The molecular formula is C20H22ClN3O8S. The fourth-order valence-corrected chi connectivity index (χ4v) is 3.87. The number of halogens is 1. The van der Waals surface area contributed by atoms with Crippen molar-refractivity contribution in [3.63, 3.8) is 0 Å². The molecule has 11 nitrogen and oxygen atoms in total. The normalized spacial score (nSPS) is 10.4. The molecule has 33 heavy (non-hydrogen) atoms. The largest absolute Gasteiger partial charge is 0.496 e. The monoisotopic (exact) mass is 499 g/mol. The van der Waals surface area contributed by atoms with Crippen LogP contribution in [0.1, 0.15) is 36.0 Å². The highest BCUT2D eigenvalue weighted by atomic mass is 35.5. The maximum absolute atomic E-state index is 12.5. The van der Waals surface area contributed by atoms with Gasteiger partial charge in [-0.25, -0.2) is 9.59 Å². The van der Waals surface area contributed by atoms with E-state index >= 15 is 0 Å². The first-order valence-electron chi connectivity index (χ1n) is 9.29. The number of amides is 2. The summed E-state index contributed by atoms with van der Waals surface area (Å²) in [5.41, 5.74) is 11.4. The molecule has 0 saturated carbocycles. The van der Waals surface area contributed by atoms with Crippen LogP contribution in [-0.4, -0.2) is 57.8 Å². The predicted molar refractivity (Wildman–Crippen MR) is 121 cm³/mol. The van der Waals surface area contributed by atoms with Gasteiger partial charge in [-0.2, -0.15) is 0 Å². The number of esters is 2. The summed E-state index contributed by atoms with van der Waals surface area (Å²) in [6.07, 6.45) is 0. The highest BCUT2D eigenvalue weighted by Gasteiger charge is 2.26. The number of methoxy groups -OCH3 is 2. The smallest absolute Gasteiger partial charge is 0.342 e. The van der Waals surface area contributed by atoms with Crippen LogP contribution in [0.4, 0.5) is 10.7 Å². The van der Waals surface area contributed by atoms with Gasteiger partial charge in [0.05, 0.1) is 34.9 Å². The summed E-state index contributed by atoms with van der Waals surface area (Å²) < 4.78 is 20.0. The van der Waals surface area contributed by atoms with Crippen molar-refractivity contribution in [3.8, 4) is 5.75 Å². The Bertz CT molecular complexity index is 1090. The van der Waals surface area contributed by atoms with Gasteiger partial charge in [-0.15, -0.1) is 11.3 Å². The number of carbonyl (C=O) groups excluding carboxylic acids is 4. The first-order valence-corrected chi connectivity index (χ1v) is 10.5. The van der Waals surface area contributed by atoms with Crippen LogP contribution in [-0.2, 0) is 19.0 Å². The number of hydrogen-bond donors (Lipinski definition) is 3. The first-order chi connectivity index (χ1) is 15.6. The number of carbonyl (C=O) groups is 4. The Morgan fingerprint density at radius 3 is 2.39 bits per heavy atom. The summed E-state index contributed by atoms with van der Waals surface area (Å²) in [4.78, 5) is 49.0. The van der Waals surface area contributed by atoms with Crippen molar-refractivity contribution >= 4 is 57.4 Å². The van der Waals surface area contributed by atoms with Crippen LogP contribution < -0.4 is 21.5 Å². The van der Waals surface area contributed by atoms with Crippen LogP contribution in [0.3, 0.4) is 0 Å². The molecule has 1 aromatic carbocycles. The summed E-state index contributed by atoms with van der Waals surface area (Å²) in [5, 5.41) is 2.57. The second kappa shape index (κ2) is 11.5. The van der Waals surface area contributed by atoms with E-state index in [2.05, 4.69) is 5.32 Å². The molecule has 0 aliphatic heterocycles. The van der Waals surface area contributed by atoms with E-state index in [1.165, 1.54) is 33.3 Å². The van der Waals surface area contributed by atoms with Crippen molar-refractivity contribution in [3.05, 3.63) is 38.7 Å². The zero-order valence-electron chi connectivity index (χ0n) is 18.0. The fourth-order valence-electron chi connectivity index (χ4n) is 2.64. The molecule has 2 rings (SSSR count). The molecule has 0 aliphatic rings. The van der Waals surface area contributed by atoms with Crippen LogP contribution in [0.5, 0.6) is 5.75 Å². The lowest BCUT2D eigenvalue weighted by molar-refractivity contribution is -0.119. The lowest BCUT2D eigenvalue weighted by atomic mass is 10.1. The maximum atomic E-state index is 12.5. The third kappa shape index (κ3) is 6.34. The van der Waals surface area contributed by atoms with Crippen LogP contribution >= 0.6 is 22.9 Å². The van der Waals surface area contributed by atoms with Gasteiger partial charge in [-0.3, -0.25) is 9.59 Å². The van der Waals surface area contributed by atoms with E-state index in [-0.39, 0.29) is 56.2 Å². The van der Waals surface area contributed by atoms with Gasteiger partial charge in [0.25, 0.3) is 11.8 Å². The molecule has 2 aromatic rings. The highest BCUT2D eigenvalue weighted by molar-refractivity contribution is 7.18. The molecule has 1 aromatic heterocycles. The molecule has 0 spiro atoms. The van der Waals surface area contributed by atoms with E-state index in [0.29, 0.717) is 0 Å². The SMILES string of the molecule is COCCOC(=O)c1c(NC(=O)COC(=O)c2cc(Cl)c(N)cc2OC)sc(C(N)=O)c1C. The highest BCUT2D eigenvalue weighted by Crippen LogP contribution is 2.33. The number of benzene rings is 1.